The minimum absolute atomic E-state index is 0.0856. The van der Waals surface area contributed by atoms with E-state index in [4.69, 9.17) is 0 Å². The van der Waals surface area contributed by atoms with Gasteiger partial charge in [0, 0.05) is 5.56 Å². The summed E-state index contributed by atoms with van der Waals surface area (Å²) in [7, 11) is 0. The van der Waals surface area contributed by atoms with Crippen LogP contribution in [-0.4, -0.2) is 5.78 Å². The smallest absolute Gasteiger partial charge is 0.160 e. The fourth-order valence-electron chi connectivity index (χ4n) is 1.51. The second-order valence-corrected chi connectivity index (χ2v) is 4.87. The molecule has 1 nitrogen and oxygen atoms in total. The van der Waals surface area contributed by atoms with Gasteiger partial charge in [0.25, 0.3) is 0 Å². The fraction of sp³-hybridized carbons (Fsp3) is 0.462. The molecule has 15 heavy (non-hydrogen) atoms. The molecule has 0 bridgehead atoms. The van der Waals surface area contributed by atoms with E-state index in [0.717, 1.165) is 0 Å². The van der Waals surface area contributed by atoms with E-state index in [-0.39, 0.29) is 5.78 Å². The van der Waals surface area contributed by atoms with Gasteiger partial charge in [-0.3, -0.25) is 4.79 Å². The highest BCUT2D eigenvalue weighted by Gasteiger charge is 2.28. The van der Waals surface area contributed by atoms with Crippen molar-refractivity contribution in [2.75, 3.05) is 0 Å². The van der Waals surface area contributed by atoms with Gasteiger partial charge in [-0.1, -0.05) is 45.0 Å². The Hall–Kier alpha value is -1.18. The normalized spacial score (nSPS) is 13.7. The van der Waals surface area contributed by atoms with Crippen LogP contribution in [0.5, 0.6) is 0 Å². The first kappa shape index (κ1) is 11.9. The van der Waals surface area contributed by atoms with E-state index in [9.17, 15) is 9.18 Å². The lowest BCUT2D eigenvalue weighted by Crippen LogP contribution is -2.16. The first-order chi connectivity index (χ1) is 6.84. The molecule has 1 aromatic rings. The second kappa shape index (κ2) is 4.13. The highest BCUT2D eigenvalue weighted by atomic mass is 19.1. The number of rotatable bonds is 2. The van der Waals surface area contributed by atoms with Crippen molar-refractivity contribution >= 4 is 5.78 Å². The molecule has 0 N–H and O–H groups in total. The molecule has 0 aliphatic heterocycles. The molecule has 0 amide bonds. The zero-order valence-electron chi connectivity index (χ0n) is 9.67. The third-order valence-corrected chi connectivity index (χ3v) is 2.37. The highest BCUT2D eigenvalue weighted by Crippen LogP contribution is 2.37. The van der Waals surface area contributed by atoms with Crippen molar-refractivity contribution < 1.29 is 9.18 Å². The van der Waals surface area contributed by atoms with Crippen molar-refractivity contribution in [3.8, 4) is 0 Å². The molecule has 1 rings (SSSR count). The van der Waals surface area contributed by atoms with Crippen molar-refractivity contribution in [2.45, 2.75) is 33.9 Å². The van der Waals surface area contributed by atoms with Crippen LogP contribution in [0.1, 0.15) is 49.8 Å². The third-order valence-electron chi connectivity index (χ3n) is 2.37. The first-order valence-electron chi connectivity index (χ1n) is 5.08. The Balaban J connectivity index is 3.19. The summed E-state index contributed by atoms with van der Waals surface area (Å²) in [5, 5.41) is 0. The van der Waals surface area contributed by atoms with E-state index in [0.29, 0.717) is 11.1 Å². The largest absolute Gasteiger partial charge is 0.294 e. The number of Topliss-reactive ketones (excluding diaryl/α,β-unsaturated/α-hetero) is 1. The average Bonchev–Trinajstić information content (AvgIpc) is 2.15. The summed E-state index contributed by atoms with van der Waals surface area (Å²) in [6.45, 7) is 6.95. The van der Waals surface area contributed by atoms with Crippen LogP contribution in [0, 0.1) is 5.41 Å². The predicted octanol–water partition coefficient (Wildman–Crippen LogP) is 3.95. The van der Waals surface area contributed by atoms with Gasteiger partial charge in [-0.05, 0) is 17.9 Å². The van der Waals surface area contributed by atoms with Crippen molar-refractivity contribution in [3.63, 3.8) is 0 Å². The summed E-state index contributed by atoms with van der Waals surface area (Å²) in [4.78, 5) is 11.3. The summed E-state index contributed by atoms with van der Waals surface area (Å²) < 4.78 is 14.1. The Morgan fingerprint density at radius 3 is 2.27 bits per heavy atom. The molecule has 0 heterocycles. The Morgan fingerprint density at radius 2 is 1.80 bits per heavy atom. The van der Waals surface area contributed by atoms with Crippen molar-refractivity contribution in [2.24, 2.45) is 5.41 Å². The molecule has 1 unspecified atom stereocenters. The summed E-state index contributed by atoms with van der Waals surface area (Å²) in [5.74, 6) is -0.0856. The van der Waals surface area contributed by atoms with Gasteiger partial charge < -0.3 is 0 Å². The van der Waals surface area contributed by atoms with Gasteiger partial charge in [0.05, 0.1) is 0 Å². The zero-order valence-corrected chi connectivity index (χ0v) is 9.67. The molecule has 1 aromatic carbocycles. The maximum Gasteiger partial charge on any atom is 0.160 e. The molecular weight excluding hydrogens is 191 g/mol. The maximum absolute atomic E-state index is 14.1. The van der Waals surface area contributed by atoms with Gasteiger partial charge in [0.1, 0.15) is 6.17 Å². The molecule has 82 valence electrons. The van der Waals surface area contributed by atoms with E-state index in [1.807, 2.05) is 20.8 Å². The van der Waals surface area contributed by atoms with Gasteiger partial charge in [-0.15, -0.1) is 0 Å². The van der Waals surface area contributed by atoms with Crippen LogP contribution in [0.4, 0.5) is 4.39 Å². The molecule has 0 fully saturated rings. The van der Waals surface area contributed by atoms with Gasteiger partial charge >= 0.3 is 0 Å². The van der Waals surface area contributed by atoms with Crippen LogP contribution in [0.15, 0.2) is 24.3 Å². The molecule has 0 spiro atoms. The van der Waals surface area contributed by atoms with E-state index in [1.165, 1.54) is 6.92 Å². The lowest BCUT2D eigenvalue weighted by molar-refractivity contribution is 0.100. The Morgan fingerprint density at radius 1 is 1.27 bits per heavy atom. The average molecular weight is 208 g/mol. The number of carbonyl (C=O) groups excluding carboxylic acids is 1. The maximum atomic E-state index is 14.1. The van der Waals surface area contributed by atoms with E-state index < -0.39 is 11.6 Å². The molecule has 0 aromatic heterocycles. The topological polar surface area (TPSA) is 17.1 Å². The Kier molecular flexibility index (Phi) is 3.28. The van der Waals surface area contributed by atoms with Gasteiger partial charge in [0.2, 0.25) is 0 Å². The van der Waals surface area contributed by atoms with Crippen molar-refractivity contribution in [1.29, 1.82) is 0 Å². The number of hydrogen-bond acceptors (Lipinski definition) is 1. The molecular formula is C13H17FO. The number of alkyl halides is 1. The van der Waals surface area contributed by atoms with Crippen LogP contribution in [0.3, 0.4) is 0 Å². The van der Waals surface area contributed by atoms with Crippen LogP contribution in [-0.2, 0) is 0 Å². The lowest BCUT2D eigenvalue weighted by atomic mass is 9.83. The van der Waals surface area contributed by atoms with Gasteiger partial charge in [-0.2, -0.15) is 0 Å². The minimum Gasteiger partial charge on any atom is -0.294 e. The summed E-state index contributed by atoms with van der Waals surface area (Å²) >= 11 is 0. The minimum atomic E-state index is -1.11. The highest BCUT2D eigenvalue weighted by molar-refractivity contribution is 5.95. The van der Waals surface area contributed by atoms with E-state index >= 15 is 0 Å². The summed E-state index contributed by atoms with van der Waals surface area (Å²) in [5.41, 5.74) is 0.503. The summed E-state index contributed by atoms with van der Waals surface area (Å²) in [6.07, 6.45) is -1.11. The second-order valence-electron chi connectivity index (χ2n) is 4.87. The molecule has 2 heteroatoms. The van der Waals surface area contributed by atoms with Crippen LogP contribution >= 0.6 is 0 Å². The number of carbonyl (C=O) groups is 1. The quantitative estimate of drug-likeness (QED) is 0.673. The number of ketones is 1. The van der Waals surface area contributed by atoms with E-state index in [1.54, 1.807) is 24.3 Å². The van der Waals surface area contributed by atoms with Crippen molar-refractivity contribution in [1.82, 2.24) is 0 Å². The zero-order chi connectivity index (χ0) is 11.6. The molecule has 1 atom stereocenters. The third kappa shape index (κ3) is 2.65. The monoisotopic (exact) mass is 208 g/mol. The molecule has 0 aliphatic carbocycles. The number of hydrogen-bond donors (Lipinski definition) is 0. The Bertz CT molecular complexity index is 363. The first-order valence-corrected chi connectivity index (χ1v) is 5.08. The summed E-state index contributed by atoms with van der Waals surface area (Å²) in [6, 6.07) is 6.89. The van der Waals surface area contributed by atoms with Crippen LogP contribution in [0.2, 0.25) is 0 Å². The van der Waals surface area contributed by atoms with Crippen LogP contribution in [0.25, 0.3) is 0 Å². The SMILES string of the molecule is CC(=O)c1ccccc1C(F)C(C)(C)C. The number of halogens is 1. The Labute approximate surface area is 90.3 Å². The molecule has 0 saturated heterocycles. The van der Waals surface area contributed by atoms with Gasteiger partial charge in [0.15, 0.2) is 5.78 Å². The fourth-order valence-corrected chi connectivity index (χ4v) is 1.51. The van der Waals surface area contributed by atoms with Crippen LogP contribution < -0.4 is 0 Å². The van der Waals surface area contributed by atoms with E-state index in [2.05, 4.69) is 0 Å². The lowest BCUT2D eigenvalue weighted by Gasteiger charge is -2.25. The molecule has 0 radical (unpaired) electrons. The molecule has 0 saturated carbocycles. The predicted molar refractivity (Wildman–Crippen MR) is 59.8 cm³/mol. The van der Waals surface area contributed by atoms with Gasteiger partial charge in [-0.25, -0.2) is 4.39 Å². The molecule has 0 aliphatic rings. The van der Waals surface area contributed by atoms with Crippen molar-refractivity contribution in [3.05, 3.63) is 35.4 Å². The standard InChI is InChI=1S/C13H17FO/c1-9(15)10-7-5-6-8-11(10)12(14)13(2,3)4/h5-8,12H,1-4H3. The number of benzene rings is 1.